The highest BCUT2D eigenvalue weighted by Gasteiger charge is 2.12. The van der Waals surface area contributed by atoms with Crippen molar-refractivity contribution in [2.75, 3.05) is 6.26 Å². The molecule has 0 bridgehead atoms. The first-order valence-electron chi connectivity index (χ1n) is 6.48. The second-order valence-electron chi connectivity index (χ2n) is 4.68. The van der Waals surface area contributed by atoms with E-state index in [1.54, 1.807) is 12.1 Å². The van der Waals surface area contributed by atoms with Crippen LogP contribution >= 0.6 is 23.1 Å². The molecule has 0 aliphatic heterocycles. The van der Waals surface area contributed by atoms with Crippen molar-refractivity contribution in [3.63, 3.8) is 0 Å². The molecular formula is C13H12N4O3S3. The zero-order valence-corrected chi connectivity index (χ0v) is 14.7. The molecule has 3 rings (SSSR count). The number of thioether (sulfide) groups is 1. The Balaban J connectivity index is 1.71. The maximum atomic E-state index is 11.4. The van der Waals surface area contributed by atoms with Gasteiger partial charge < -0.3 is 4.52 Å². The molecule has 0 radical (unpaired) electrons. The molecule has 0 amide bonds. The molecule has 0 unspecified atom stereocenters. The van der Waals surface area contributed by atoms with Crippen LogP contribution in [0, 0.1) is 6.92 Å². The van der Waals surface area contributed by atoms with Crippen LogP contribution in [-0.4, -0.2) is 35.0 Å². The van der Waals surface area contributed by atoms with Gasteiger partial charge in [0.05, 0.1) is 10.6 Å². The largest absolute Gasteiger partial charge is 0.338 e. The standard InChI is InChI=1S/C13H12N4O3S3/c1-8-15-16-13(22-8)21-7-11-14-12(17-20-11)9-3-5-10(6-4-9)23(2,18)19/h3-6H,7H2,1-2H3. The van der Waals surface area contributed by atoms with Crippen molar-refractivity contribution < 1.29 is 12.9 Å². The number of rotatable bonds is 5. The monoisotopic (exact) mass is 368 g/mol. The summed E-state index contributed by atoms with van der Waals surface area (Å²) in [5, 5.41) is 12.8. The molecule has 0 aliphatic rings. The van der Waals surface area contributed by atoms with Gasteiger partial charge in [-0.25, -0.2) is 8.42 Å². The van der Waals surface area contributed by atoms with E-state index in [9.17, 15) is 8.42 Å². The topological polar surface area (TPSA) is 98.8 Å². The molecule has 0 aliphatic carbocycles. The van der Waals surface area contributed by atoms with Gasteiger partial charge >= 0.3 is 0 Å². The summed E-state index contributed by atoms with van der Waals surface area (Å²) in [5.74, 6) is 1.41. The fourth-order valence-electron chi connectivity index (χ4n) is 1.74. The van der Waals surface area contributed by atoms with Crippen LogP contribution in [0.5, 0.6) is 0 Å². The predicted molar refractivity (Wildman–Crippen MR) is 87.1 cm³/mol. The fraction of sp³-hybridized carbons (Fsp3) is 0.231. The summed E-state index contributed by atoms with van der Waals surface area (Å²) in [4.78, 5) is 4.56. The van der Waals surface area contributed by atoms with E-state index in [2.05, 4.69) is 20.3 Å². The van der Waals surface area contributed by atoms with Crippen molar-refractivity contribution in [2.24, 2.45) is 0 Å². The number of nitrogens with zero attached hydrogens (tertiary/aromatic N) is 4. The third kappa shape index (κ3) is 3.95. The van der Waals surface area contributed by atoms with Gasteiger partial charge in [-0.2, -0.15) is 4.98 Å². The van der Waals surface area contributed by atoms with Crippen molar-refractivity contribution in [3.05, 3.63) is 35.2 Å². The van der Waals surface area contributed by atoms with Crippen molar-refractivity contribution >= 4 is 32.9 Å². The van der Waals surface area contributed by atoms with Crippen LogP contribution in [0.1, 0.15) is 10.9 Å². The molecule has 10 heteroatoms. The molecule has 0 saturated heterocycles. The highest BCUT2D eigenvalue weighted by molar-refractivity contribution is 8.00. The van der Waals surface area contributed by atoms with E-state index in [0.29, 0.717) is 23.0 Å². The van der Waals surface area contributed by atoms with Gasteiger partial charge in [0.25, 0.3) is 0 Å². The molecule has 0 spiro atoms. The Morgan fingerprint density at radius 1 is 1.22 bits per heavy atom. The van der Waals surface area contributed by atoms with E-state index < -0.39 is 9.84 Å². The number of aromatic nitrogens is 4. The van der Waals surface area contributed by atoms with E-state index in [4.69, 9.17) is 4.52 Å². The van der Waals surface area contributed by atoms with Crippen molar-refractivity contribution in [1.82, 2.24) is 20.3 Å². The maximum Gasteiger partial charge on any atom is 0.237 e. The second kappa shape index (κ2) is 6.38. The van der Waals surface area contributed by atoms with Crippen LogP contribution in [0.15, 0.2) is 38.0 Å². The van der Waals surface area contributed by atoms with Gasteiger partial charge in [0.2, 0.25) is 11.7 Å². The van der Waals surface area contributed by atoms with Crippen LogP contribution < -0.4 is 0 Å². The lowest BCUT2D eigenvalue weighted by Gasteiger charge is -1.98. The number of hydrogen-bond acceptors (Lipinski definition) is 9. The number of hydrogen-bond donors (Lipinski definition) is 0. The minimum absolute atomic E-state index is 0.257. The molecule has 2 aromatic heterocycles. The predicted octanol–water partition coefficient (Wildman–Crippen LogP) is 2.59. The number of aryl methyl sites for hydroxylation is 1. The average Bonchev–Trinajstić information content (AvgIpc) is 3.13. The van der Waals surface area contributed by atoms with E-state index in [1.807, 2.05) is 6.92 Å². The van der Waals surface area contributed by atoms with Gasteiger partial charge in [0, 0.05) is 11.8 Å². The number of sulfone groups is 1. The molecule has 3 aromatic rings. The number of benzene rings is 1. The molecule has 23 heavy (non-hydrogen) atoms. The lowest BCUT2D eigenvalue weighted by Crippen LogP contribution is -1.96. The molecule has 7 nitrogen and oxygen atoms in total. The Morgan fingerprint density at radius 3 is 2.57 bits per heavy atom. The summed E-state index contributed by atoms with van der Waals surface area (Å²) < 4.78 is 28.9. The van der Waals surface area contributed by atoms with Crippen LogP contribution in [0.4, 0.5) is 0 Å². The van der Waals surface area contributed by atoms with Crippen molar-refractivity contribution in [3.8, 4) is 11.4 Å². The summed E-state index contributed by atoms with van der Waals surface area (Å²) in [7, 11) is -3.21. The molecule has 0 fully saturated rings. The van der Waals surface area contributed by atoms with E-state index in [-0.39, 0.29) is 4.90 Å². The van der Waals surface area contributed by atoms with E-state index >= 15 is 0 Å². The highest BCUT2D eigenvalue weighted by Crippen LogP contribution is 2.26. The van der Waals surface area contributed by atoms with Gasteiger partial charge in [-0.3, -0.25) is 0 Å². The third-order valence-electron chi connectivity index (χ3n) is 2.84. The van der Waals surface area contributed by atoms with Gasteiger partial charge in [-0.15, -0.1) is 10.2 Å². The van der Waals surface area contributed by atoms with Gasteiger partial charge in [0.1, 0.15) is 5.01 Å². The summed E-state index contributed by atoms with van der Waals surface area (Å²) >= 11 is 2.99. The Bertz CT molecular complexity index is 916. The molecule has 1 aromatic carbocycles. The Morgan fingerprint density at radius 2 is 1.96 bits per heavy atom. The quantitative estimate of drug-likeness (QED) is 0.634. The first-order valence-corrected chi connectivity index (χ1v) is 10.2. The van der Waals surface area contributed by atoms with Crippen LogP contribution in [0.2, 0.25) is 0 Å². The Kier molecular flexibility index (Phi) is 4.46. The lowest BCUT2D eigenvalue weighted by atomic mass is 10.2. The summed E-state index contributed by atoms with van der Waals surface area (Å²) in [5.41, 5.74) is 0.698. The first-order chi connectivity index (χ1) is 10.9. The Hall–Kier alpha value is -1.78. The maximum absolute atomic E-state index is 11.4. The van der Waals surface area contributed by atoms with Crippen molar-refractivity contribution in [1.29, 1.82) is 0 Å². The smallest absolute Gasteiger partial charge is 0.237 e. The lowest BCUT2D eigenvalue weighted by molar-refractivity contribution is 0.391. The molecule has 2 heterocycles. The van der Waals surface area contributed by atoms with Crippen LogP contribution in [0.3, 0.4) is 0 Å². The molecule has 0 saturated carbocycles. The minimum atomic E-state index is -3.21. The van der Waals surface area contributed by atoms with E-state index in [1.165, 1.54) is 41.5 Å². The zero-order valence-electron chi connectivity index (χ0n) is 12.3. The van der Waals surface area contributed by atoms with Crippen LogP contribution in [-0.2, 0) is 15.6 Å². The first kappa shape index (κ1) is 16.1. The van der Waals surface area contributed by atoms with E-state index in [0.717, 1.165) is 9.35 Å². The van der Waals surface area contributed by atoms with Crippen molar-refractivity contribution in [2.45, 2.75) is 21.9 Å². The fourth-order valence-corrected chi connectivity index (χ4v) is 4.03. The SMILES string of the molecule is Cc1nnc(SCc2nc(-c3ccc(S(C)(=O)=O)cc3)no2)s1. The molecule has 0 N–H and O–H groups in total. The van der Waals surface area contributed by atoms with Gasteiger partial charge in [-0.1, -0.05) is 28.3 Å². The minimum Gasteiger partial charge on any atom is -0.338 e. The average molecular weight is 368 g/mol. The Labute approximate surface area is 141 Å². The summed E-state index contributed by atoms with van der Waals surface area (Å²) in [6, 6.07) is 6.37. The van der Waals surface area contributed by atoms with Crippen LogP contribution in [0.25, 0.3) is 11.4 Å². The normalized spacial score (nSPS) is 11.7. The van der Waals surface area contributed by atoms with Gasteiger partial charge in [-0.05, 0) is 31.2 Å². The highest BCUT2D eigenvalue weighted by atomic mass is 32.2. The third-order valence-corrected chi connectivity index (χ3v) is 5.92. The second-order valence-corrected chi connectivity index (χ2v) is 9.10. The summed E-state index contributed by atoms with van der Waals surface area (Å²) in [6.45, 7) is 1.90. The molecule has 120 valence electrons. The molecule has 0 atom stereocenters. The molecular weight excluding hydrogens is 356 g/mol. The summed E-state index contributed by atoms with van der Waals surface area (Å²) in [6.07, 6.45) is 1.17. The van der Waals surface area contributed by atoms with Gasteiger partial charge in [0.15, 0.2) is 14.2 Å². The zero-order chi connectivity index (χ0) is 16.4.